The molecular weight excluding hydrogens is 402 g/mol. The van der Waals surface area contributed by atoms with Crippen molar-refractivity contribution in [3.63, 3.8) is 0 Å². The number of hydrogen-bond acceptors (Lipinski definition) is 4. The van der Waals surface area contributed by atoms with Crippen LogP contribution in [0.3, 0.4) is 0 Å². The van der Waals surface area contributed by atoms with E-state index in [1.54, 1.807) is 12.1 Å². The smallest absolute Gasteiger partial charge is 0.313 e. The first-order valence-corrected chi connectivity index (χ1v) is 10.7. The standard InChI is InChI=1S/C23H28ClN3O3/c1-30-21-11-8-18(24)16-20(21)26-23(29)22(28)25-13-12-17-6-9-19(10-7-17)27-14-4-2-3-5-15-27/h6-11,16H,2-5,12-15H2,1H3,(H,25,28)(H,26,29). The van der Waals surface area contributed by atoms with Gasteiger partial charge in [0.25, 0.3) is 0 Å². The molecule has 2 aromatic rings. The summed E-state index contributed by atoms with van der Waals surface area (Å²) in [5.41, 5.74) is 2.72. The van der Waals surface area contributed by atoms with Gasteiger partial charge in [-0.25, -0.2) is 0 Å². The summed E-state index contributed by atoms with van der Waals surface area (Å²) in [4.78, 5) is 26.7. The van der Waals surface area contributed by atoms with Gasteiger partial charge in [-0.2, -0.15) is 0 Å². The Morgan fingerprint density at radius 2 is 1.70 bits per heavy atom. The molecule has 2 aromatic carbocycles. The summed E-state index contributed by atoms with van der Waals surface area (Å²) >= 11 is 5.95. The van der Waals surface area contributed by atoms with Crippen molar-refractivity contribution in [1.29, 1.82) is 0 Å². The Balaban J connectivity index is 1.47. The van der Waals surface area contributed by atoms with Crippen LogP contribution < -0.4 is 20.3 Å². The fraction of sp³-hybridized carbons (Fsp3) is 0.391. The highest BCUT2D eigenvalue weighted by Crippen LogP contribution is 2.27. The average Bonchev–Trinajstić information content (AvgIpc) is 3.04. The third kappa shape index (κ3) is 6.13. The summed E-state index contributed by atoms with van der Waals surface area (Å²) in [6.07, 6.45) is 5.77. The van der Waals surface area contributed by atoms with Crippen molar-refractivity contribution in [1.82, 2.24) is 5.32 Å². The lowest BCUT2D eigenvalue weighted by atomic mass is 10.1. The number of benzene rings is 2. The fourth-order valence-electron chi connectivity index (χ4n) is 3.56. The van der Waals surface area contributed by atoms with Crippen LogP contribution in [0.25, 0.3) is 0 Å². The summed E-state index contributed by atoms with van der Waals surface area (Å²) in [7, 11) is 1.48. The van der Waals surface area contributed by atoms with Crippen LogP contribution >= 0.6 is 11.6 Å². The van der Waals surface area contributed by atoms with E-state index in [-0.39, 0.29) is 0 Å². The monoisotopic (exact) mass is 429 g/mol. The second-order valence-corrected chi connectivity index (χ2v) is 7.81. The number of halogens is 1. The van der Waals surface area contributed by atoms with Crippen LogP contribution in [0.1, 0.15) is 31.2 Å². The molecule has 0 atom stereocenters. The maximum atomic E-state index is 12.2. The van der Waals surface area contributed by atoms with Gasteiger partial charge in [-0.15, -0.1) is 0 Å². The zero-order chi connectivity index (χ0) is 21.3. The van der Waals surface area contributed by atoms with Gasteiger partial charge in [0.15, 0.2) is 0 Å². The van der Waals surface area contributed by atoms with Gasteiger partial charge in [0.05, 0.1) is 12.8 Å². The van der Waals surface area contributed by atoms with E-state index >= 15 is 0 Å². The molecule has 3 rings (SSSR count). The van der Waals surface area contributed by atoms with Crippen molar-refractivity contribution >= 4 is 34.8 Å². The molecule has 1 heterocycles. The third-order valence-corrected chi connectivity index (χ3v) is 5.46. The first kappa shape index (κ1) is 22.0. The molecule has 1 aliphatic heterocycles. The highest BCUT2D eigenvalue weighted by Gasteiger charge is 2.16. The predicted molar refractivity (Wildman–Crippen MR) is 120 cm³/mol. The van der Waals surface area contributed by atoms with Crippen LogP contribution in [0.5, 0.6) is 5.75 Å². The van der Waals surface area contributed by atoms with Crippen molar-refractivity contribution in [2.24, 2.45) is 0 Å². The molecule has 0 spiro atoms. The van der Waals surface area contributed by atoms with E-state index in [0.29, 0.717) is 29.4 Å². The predicted octanol–water partition coefficient (Wildman–Crippen LogP) is 4.03. The first-order chi connectivity index (χ1) is 14.6. The van der Waals surface area contributed by atoms with Gasteiger partial charge >= 0.3 is 11.8 Å². The van der Waals surface area contributed by atoms with Crippen LogP contribution in [0, 0.1) is 0 Å². The highest BCUT2D eigenvalue weighted by atomic mass is 35.5. The third-order valence-electron chi connectivity index (χ3n) is 5.22. The first-order valence-electron chi connectivity index (χ1n) is 10.3. The van der Waals surface area contributed by atoms with Gasteiger partial charge in [-0.3, -0.25) is 9.59 Å². The number of nitrogens with zero attached hydrogens (tertiary/aromatic N) is 1. The molecule has 1 saturated heterocycles. The number of carbonyl (C=O) groups excluding carboxylic acids is 2. The quantitative estimate of drug-likeness (QED) is 0.680. The maximum Gasteiger partial charge on any atom is 0.313 e. The Morgan fingerprint density at radius 1 is 1.00 bits per heavy atom. The molecule has 0 saturated carbocycles. The van der Waals surface area contributed by atoms with E-state index in [4.69, 9.17) is 16.3 Å². The number of methoxy groups -OCH3 is 1. The summed E-state index contributed by atoms with van der Waals surface area (Å²) in [5, 5.41) is 5.63. The molecule has 2 N–H and O–H groups in total. The van der Waals surface area contributed by atoms with E-state index in [1.165, 1.54) is 44.5 Å². The van der Waals surface area contributed by atoms with Gasteiger partial charge in [0.1, 0.15) is 5.75 Å². The van der Waals surface area contributed by atoms with Crippen molar-refractivity contribution in [3.8, 4) is 5.75 Å². The Morgan fingerprint density at radius 3 is 2.37 bits per heavy atom. The van der Waals surface area contributed by atoms with Crippen molar-refractivity contribution in [3.05, 3.63) is 53.1 Å². The zero-order valence-electron chi connectivity index (χ0n) is 17.2. The molecule has 1 aliphatic rings. The number of hydrogen-bond donors (Lipinski definition) is 2. The van der Waals surface area contributed by atoms with Crippen molar-refractivity contribution < 1.29 is 14.3 Å². The lowest BCUT2D eigenvalue weighted by Crippen LogP contribution is -2.36. The lowest BCUT2D eigenvalue weighted by molar-refractivity contribution is -0.136. The topological polar surface area (TPSA) is 70.7 Å². The number of anilines is 2. The minimum absolute atomic E-state index is 0.356. The number of rotatable bonds is 6. The maximum absolute atomic E-state index is 12.2. The van der Waals surface area contributed by atoms with Gasteiger partial charge in [0.2, 0.25) is 0 Å². The average molecular weight is 430 g/mol. The van der Waals surface area contributed by atoms with Crippen LogP contribution in [0.4, 0.5) is 11.4 Å². The van der Waals surface area contributed by atoms with Crippen LogP contribution in [0.2, 0.25) is 5.02 Å². The lowest BCUT2D eigenvalue weighted by Gasteiger charge is -2.22. The minimum Gasteiger partial charge on any atom is -0.495 e. The Bertz CT molecular complexity index is 862. The zero-order valence-corrected chi connectivity index (χ0v) is 18.0. The number of carbonyl (C=O) groups is 2. The Labute approximate surface area is 182 Å². The number of nitrogens with one attached hydrogen (secondary N) is 2. The van der Waals surface area contributed by atoms with Crippen LogP contribution in [-0.4, -0.2) is 38.6 Å². The summed E-state index contributed by atoms with van der Waals surface area (Å²) in [6.45, 7) is 2.60. The molecule has 0 aliphatic carbocycles. The summed E-state index contributed by atoms with van der Waals surface area (Å²) < 4.78 is 5.17. The van der Waals surface area contributed by atoms with Gasteiger partial charge in [-0.1, -0.05) is 36.6 Å². The van der Waals surface area contributed by atoms with E-state index in [1.807, 2.05) is 0 Å². The van der Waals surface area contributed by atoms with Crippen LogP contribution in [-0.2, 0) is 16.0 Å². The molecule has 2 amide bonds. The Hall–Kier alpha value is -2.73. The van der Waals surface area contributed by atoms with Gasteiger partial charge in [0, 0.05) is 30.3 Å². The molecule has 30 heavy (non-hydrogen) atoms. The van der Waals surface area contributed by atoms with Crippen LogP contribution in [0.15, 0.2) is 42.5 Å². The number of amides is 2. The SMILES string of the molecule is COc1ccc(Cl)cc1NC(=O)C(=O)NCCc1ccc(N2CCCCCC2)cc1. The Kier molecular flexibility index (Phi) is 7.97. The largest absolute Gasteiger partial charge is 0.495 e. The molecular formula is C23H28ClN3O3. The second-order valence-electron chi connectivity index (χ2n) is 7.37. The summed E-state index contributed by atoms with van der Waals surface area (Å²) in [6, 6.07) is 13.3. The fourth-order valence-corrected chi connectivity index (χ4v) is 3.73. The van der Waals surface area contributed by atoms with Gasteiger partial charge in [-0.05, 0) is 55.2 Å². The normalized spacial score (nSPS) is 14.0. The minimum atomic E-state index is -0.757. The number of ether oxygens (including phenoxy) is 1. The van der Waals surface area contributed by atoms with E-state index in [9.17, 15) is 9.59 Å². The molecule has 0 unspecified atom stereocenters. The molecule has 0 bridgehead atoms. The van der Waals surface area contributed by atoms with Gasteiger partial charge < -0.3 is 20.3 Å². The molecule has 0 aromatic heterocycles. The molecule has 7 heteroatoms. The summed E-state index contributed by atoms with van der Waals surface area (Å²) in [5.74, 6) is -1.02. The molecule has 0 radical (unpaired) electrons. The van der Waals surface area contributed by atoms with E-state index < -0.39 is 11.8 Å². The van der Waals surface area contributed by atoms with E-state index in [0.717, 1.165) is 18.7 Å². The molecule has 6 nitrogen and oxygen atoms in total. The van der Waals surface area contributed by atoms with Crippen molar-refractivity contribution in [2.75, 3.05) is 37.0 Å². The highest BCUT2D eigenvalue weighted by molar-refractivity contribution is 6.40. The molecule has 160 valence electrons. The van der Waals surface area contributed by atoms with Crippen molar-refractivity contribution in [2.45, 2.75) is 32.1 Å². The molecule has 1 fully saturated rings. The van der Waals surface area contributed by atoms with E-state index in [2.05, 4.69) is 39.8 Å². The second kappa shape index (κ2) is 10.9.